The summed E-state index contributed by atoms with van der Waals surface area (Å²) < 4.78 is 5.56. The Labute approximate surface area is 84.5 Å². The second-order valence-electron chi connectivity index (χ2n) is 3.46. The van der Waals surface area contributed by atoms with Crippen molar-refractivity contribution in [2.45, 2.75) is 26.4 Å². The molecule has 14 heavy (non-hydrogen) atoms. The van der Waals surface area contributed by atoms with Crippen LogP contribution in [0.5, 0.6) is 11.5 Å². The van der Waals surface area contributed by atoms with Crippen molar-refractivity contribution < 1.29 is 9.84 Å². The number of hydrogen-bond donors (Lipinski definition) is 2. The van der Waals surface area contributed by atoms with Crippen LogP contribution in [0, 0.1) is 0 Å². The molecular weight excluding hydrogens is 178 g/mol. The van der Waals surface area contributed by atoms with Crippen molar-refractivity contribution in [1.29, 1.82) is 0 Å². The maximum atomic E-state index is 9.60. The van der Waals surface area contributed by atoms with Crippen LogP contribution < -0.4 is 10.5 Å². The average molecular weight is 195 g/mol. The first-order chi connectivity index (χ1) is 6.65. The van der Waals surface area contributed by atoms with Crippen molar-refractivity contribution in [3.05, 3.63) is 23.8 Å². The van der Waals surface area contributed by atoms with E-state index in [-0.39, 0.29) is 11.9 Å². The van der Waals surface area contributed by atoms with Crippen LogP contribution in [0.25, 0.3) is 0 Å². The minimum absolute atomic E-state index is 0.105. The van der Waals surface area contributed by atoms with Crippen LogP contribution in [0.2, 0.25) is 0 Å². The van der Waals surface area contributed by atoms with E-state index >= 15 is 0 Å². The molecule has 0 saturated heterocycles. The van der Waals surface area contributed by atoms with E-state index in [0.717, 1.165) is 11.3 Å². The average Bonchev–Trinajstić information content (AvgIpc) is 2.10. The number of ether oxygens (including phenoxy) is 1. The highest BCUT2D eigenvalue weighted by Crippen LogP contribution is 2.28. The summed E-state index contributed by atoms with van der Waals surface area (Å²) in [7, 11) is 0. The first-order valence-electron chi connectivity index (χ1n) is 4.82. The Morgan fingerprint density at radius 3 is 2.71 bits per heavy atom. The van der Waals surface area contributed by atoms with Gasteiger partial charge >= 0.3 is 0 Å². The predicted molar refractivity (Wildman–Crippen MR) is 56.6 cm³/mol. The number of rotatable bonds is 4. The van der Waals surface area contributed by atoms with E-state index < -0.39 is 0 Å². The third kappa shape index (κ3) is 2.64. The summed E-state index contributed by atoms with van der Waals surface area (Å²) in [6.07, 6.45) is 0.739. The molecule has 1 aromatic rings. The highest BCUT2D eigenvalue weighted by atomic mass is 16.5. The number of hydrogen-bond acceptors (Lipinski definition) is 3. The Bertz CT molecular complexity index is 297. The zero-order valence-corrected chi connectivity index (χ0v) is 8.66. The lowest BCUT2D eigenvalue weighted by atomic mass is 10.1. The normalized spacial score (nSPS) is 10.6. The molecule has 0 amide bonds. The largest absolute Gasteiger partial charge is 0.508 e. The van der Waals surface area contributed by atoms with Gasteiger partial charge in [-0.3, -0.25) is 0 Å². The molecule has 0 saturated carbocycles. The highest BCUT2D eigenvalue weighted by molar-refractivity contribution is 5.44. The molecule has 0 aromatic heterocycles. The number of nitrogens with two attached hydrogens (primary N) is 1. The molecule has 0 heterocycles. The van der Waals surface area contributed by atoms with Crippen molar-refractivity contribution in [3.63, 3.8) is 0 Å². The van der Waals surface area contributed by atoms with Crippen LogP contribution in [0.15, 0.2) is 18.2 Å². The molecule has 0 aliphatic carbocycles. The molecule has 3 N–H and O–H groups in total. The van der Waals surface area contributed by atoms with Gasteiger partial charge in [0.1, 0.15) is 11.5 Å². The molecule has 3 nitrogen and oxygen atoms in total. The fraction of sp³-hybridized carbons (Fsp3) is 0.455. The Balaban J connectivity index is 2.95. The molecule has 1 rings (SSSR count). The van der Waals surface area contributed by atoms with E-state index in [4.69, 9.17) is 10.5 Å². The van der Waals surface area contributed by atoms with Crippen molar-refractivity contribution >= 4 is 0 Å². The summed E-state index contributed by atoms with van der Waals surface area (Å²) in [5, 5.41) is 9.60. The van der Waals surface area contributed by atoms with E-state index in [9.17, 15) is 5.11 Å². The number of phenolic OH excluding ortho intramolecular Hbond substituents is 1. The zero-order valence-electron chi connectivity index (χ0n) is 8.66. The van der Waals surface area contributed by atoms with Gasteiger partial charge in [-0.25, -0.2) is 0 Å². The van der Waals surface area contributed by atoms with Crippen molar-refractivity contribution in [2.75, 3.05) is 6.54 Å². The standard InChI is InChI=1S/C11H17NO2/c1-8(2)14-11-5-3-4-10(13)9(11)6-7-12/h3-5,8,13H,6-7,12H2,1-2H3. The van der Waals surface area contributed by atoms with Crippen LogP contribution in [-0.2, 0) is 6.42 Å². The van der Waals surface area contributed by atoms with Gasteiger partial charge in [0.05, 0.1) is 6.10 Å². The maximum absolute atomic E-state index is 9.60. The highest BCUT2D eigenvalue weighted by Gasteiger charge is 2.08. The molecule has 0 fully saturated rings. The van der Waals surface area contributed by atoms with Gasteiger partial charge in [0.25, 0.3) is 0 Å². The number of phenols is 1. The van der Waals surface area contributed by atoms with Crippen LogP contribution in [0.4, 0.5) is 0 Å². The molecule has 0 bridgehead atoms. The second-order valence-corrected chi connectivity index (χ2v) is 3.46. The monoisotopic (exact) mass is 195 g/mol. The van der Waals surface area contributed by atoms with Gasteiger partial charge in [0, 0.05) is 5.56 Å². The van der Waals surface area contributed by atoms with Gasteiger partial charge in [-0.05, 0) is 38.9 Å². The lowest BCUT2D eigenvalue weighted by Crippen LogP contribution is -2.10. The quantitative estimate of drug-likeness (QED) is 0.768. The summed E-state index contributed by atoms with van der Waals surface area (Å²) in [6.45, 7) is 4.42. The summed E-state index contributed by atoms with van der Waals surface area (Å²) in [6, 6.07) is 5.27. The van der Waals surface area contributed by atoms with Crippen LogP contribution in [-0.4, -0.2) is 17.8 Å². The summed E-state index contributed by atoms with van der Waals surface area (Å²) in [5.74, 6) is 0.985. The number of benzene rings is 1. The topological polar surface area (TPSA) is 55.5 Å². The third-order valence-electron chi connectivity index (χ3n) is 1.87. The van der Waals surface area contributed by atoms with Crippen molar-refractivity contribution in [1.82, 2.24) is 0 Å². The molecule has 0 radical (unpaired) electrons. The summed E-state index contributed by atoms with van der Waals surface area (Å²) in [5.41, 5.74) is 6.26. The molecule has 0 aliphatic heterocycles. The van der Waals surface area contributed by atoms with Gasteiger partial charge in [-0.1, -0.05) is 6.07 Å². The van der Waals surface area contributed by atoms with Crippen LogP contribution >= 0.6 is 0 Å². The van der Waals surface area contributed by atoms with Gasteiger partial charge in [0.2, 0.25) is 0 Å². The van der Waals surface area contributed by atoms with Gasteiger partial charge in [0.15, 0.2) is 0 Å². The zero-order chi connectivity index (χ0) is 10.6. The van der Waals surface area contributed by atoms with E-state index in [1.807, 2.05) is 19.9 Å². The van der Waals surface area contributed by atoms with Crippen molar-refractivity contribution in [3.8, 4) is 11.5 Å². The molecule has 0 unspecified atom stereocenters. The van der Waals surface area contributed by atoms with Crippen LogP contribution in [0.3, 0.4) is 0 Å². The lowest BCUT2D eigenvalue weighted by molar-refractivity contribution is 0.238. The Kier molecular flexibility index (Phi) is 3.77. The van der Waals surface area contributed by atoms with E-state index in [2.05, 4.69) is 0 Å². The van der Waals surface area contributed by atoms with Gasteiger partial charge in [-0.15, -0.1) is 0 Å². The molecule has 0 atom stereocenters. The molecule has 0 spiro atoms. The van der Waals surface area contributed by atoms with E-state index in [1.54, 1.807) is 12.1 Å². The minimum atomic E-state index is 0.105. The third-order valence-corrected chi connectivity index (χ3v) is 1.87. The molecule has 3 heteroatoms. The Hall–Kier alpha value is -1.22. The number of aromatic hydroxyl groups is 1. The van der Waals surface area contributed by atoms with Crippen LogP contribution in [0.1, 0.15) is 19.4 Å². The molecule has 1 aromatic carbocycles. The molecular formula is C11H17NO2. The molecule has 0 aliphatic rings. The predicted octanol–water partition coefficient (Wildman–Crippen LogP) is 1.68. The van der Waals surface area contributed by atoms with Gasteiger partial charge in [-0.2, -0.15) is 0 Å². The Morgan fingerprint density at radius 1 is 1.43 bits per heavy atom. The fourth-order valence-electron chi connectivity index (χ4n) is 1.31. The fourth-order valence-corrected chi connectivity index (χ4v) is 1.31. The van der Waals surface area contributed by atoms with Crippen molar-refractivity contribution in [2.24, 2.45) is 5.73 Å². The second kappa shape index (κ2) is 4.86. The Morgan fingerprint density at radius 2 is 2.14 bits per heavy atom. The summed E-state index contributed by atoms with van der Waals surface area (Å²) >= 11 is 0. The SMILES string of the molecule is CC(C)Oc1cccc(O)c1CCN. The minimum Gasteiger partial charge on any atom is -0.508 e. The first-order valence-corrected chi connectivity index (χ1v) is 4.82. The summed E-state index contributed by atoms with van der Waals surface area (Å²) in [4.78, 5) is 0. The smallest absolute Gasteiger partial charge is 0.126 e. The van der Waals surface area contributed by atoms with E-state index in [0.29, 0.717) is 13.0 Å². The van der Waals surface area contributed by atoms with E-state index in [1.165, 1.54) is 0 Å². The maximum Gasteiger partial charge on any atom is 0.126 e. The first kappa shape index (κ1) is 10.9. The van der Waals surface area contributed by atoms with Gasteiger partial charge < -0.3 is 15.6 Å². The lowest BCUT2D eigenvalue weighted by Gasteiger charge is -2.14. The molecule has 78 valence electrons.